The van der Waals surface area contributed by atoms with E-state index in [2.05, 4.69) is 16.8 Å². The monoisotopic (exact) mass is 402 g/mol. The molecule has 1 heterocycles. The van der Waals surface area contributed by atoms with Gasteiger partial charge in [0.1, 0.15) is 12.3 Å². The summed E-state index contributed by atoms with van der Waals surface area (Å²) in [4.78, 5) is 26.0. The van der Waals surface area contributed by atoms with Crippen molar-refractivity contribution >= 4 is 17.4 Å². The van der Waals surface area contributed by atoms with Gasteiger partial charge in [0, 0.05) is 35.8 Å². The second-order valence-electron chi connectivity index (χ2n) is 7.47. The highest BCUT2D eigenvalue weighted by atomic mass is 16.5. The van der Waals surface area contributed by atoms with Crippen molar-refractivity contribution in [2.75, 3.05) is 46.3 Å². The Morgan fingerprint density at radius 2 is 1.90 bits per heavy atom. The van der Waals surface area contributed by atoms with Crippen LogP contribution in [0.3, 0.4) is 0 Å². The van der Waals surface area contributed by atoms with Gasteiger partial charge in [0.15, 0.2) is 6.54 Å². The van der Waals surface area contributed by atoms with E-state index in [9.17, 15) is 9.59 Å². The summed E-state index contributed by atoms with van der Waals surface area (Å²) in [5.74, 6) is 0.556. The fourth-order valence-electron chi connectivity index (χ4n) is 3.67. The van der Waals surface area contributed by atoms with Gasteiger partial charge in [-0.05, 0) is 39.0 Å². The predicted octanol–water partition coefficient (Wildman–Crippen LogP) is 1.66. The fraction of sp³-hybridized carbons (Fsp3) is 0.455. The lowest BCUT2D eigenvalue weighted by molar-refractivity contribution is -0.861. The molecule has 0 saturated carbocycles. The average molecular weight is 403 g/mol. The van der Waals surface area contributed by atoms with Crippen LogP contribution in [0, 0.1) is 13.8 Å². The summed E-state index contributed by atoms with van der Waals surface area (Å²) in [5, 5.41) is 2.85. The van der Waals surface area contributed by atoms with Crippen LogP contribution in [-0.4, -0.2) is 57.2 Å². The number of hydrogen-bond donors (Lipinski definition) is 2. The van der Waals surface area contributed by atoms with Crippen LogP contribution in [0.25, 0.3) is 0 Å². The lowest BCUT2D eigenvalue weighted by Gasteiger charge is -2.18. The van der Waals surface area contributed by atoms with E-state index in [0.717, 1.165) is 16.3 Å². The number of aryl methyl sites for hydroxylation is 1. The third kappa shape index (κ3) is 5.92. The molecule has 0 fully saturated rings. The number of carbonyl (C=O) groups is 2. The van der Waals surface area contributed by atoms with Gasteiger partial charge in [-0.2, -0.15) is 0 Å². The van der Waals surface area contributed by atoms with Crippen molar-refractivity contribution in [3.63, 3.8) is 0 Å². The number of quaternary nitrogens is 1. The van der Waals surface area contributed by atoms with Gasteiger partial charge in [0.05, 0.1) is 26.8 Å². The topological polar surface area (TPSA) is 74.0 Å². The Labute approximate surface area is 172 Å². The van der Waals surface area contributed by atoms with Crippen LogP contribution in [0.15, 0.2) is 30.3 Å². The molecule has 1 aromatic heterocycles. The van der Waals surface area contributed by atoms with Crippen LogP contribution >= 0.6 is 0 Å². The summed E-state index contributed by atoms with van der Waals surface area (Å²) in [7, 11) is 5.10. The Morgan fingerprint density at radius 1 is 1.17 bits per heavy atom. The van der Waals surface area contributed by atoms with Crippen molar-refractivity contribution in [2.24, 2.45) is 0 Å². The van der Waals surface area contributed by atoms with Crippen LogP contribution in [-0.2, 0) is 9.53 Å². The summed E-state index contributed by atoms with van der Waals surface area (Å²) < 4.78 is 12.5. The predicted molar refractivity (Wildman–Crippen MR) is 113 cm³/mol. The van der Waals surface area contributed by atoms with E-state index in [1.54, 1.807) is 26.4 Å². The maximum atomic E-state index is 12.8. The van der Waals surface area contributed by atoms with Gasteiger partial charge in [-0.25, -0.2) is 0 Å². The van der Waals surface area contributed by atoms with Crippen LogP contribution in [0.2, 0.25) is 0 Å². The molecule has 2 N–H and O–H groups in total. The Morgan fingerprint density at radius 3 is 2.55 bits per heavy atom. The summed E-state index contributed by atoms with van der Waals surface area (Å²) >= 11 is 0. The number of methoxy groups -OCH3 is 2. The Bertz CT molecular complexity index is 860. The van der Waals surface area contributed by atoms with E-state index >= 15 is 0 Å². The minimum atomic E-state index is -0.150. The molecule has 2 atom stereocenters. The average Bonchev–Trinajstić information content (AvgIpc) is 2.96. The molecule has 0 saturated heterocycles. The molecule has 1 unspecified atom stereocenters. The Balaban J connectivity index is 1.98. The third-order valence-corrected chi connectivity index (χ3v) is 4.91. The smallest absolute Gasteiger partial charge is 0.279 e. The molecule has 0 aliphatic rings. The molecule has 0 bridgehead atoms. The van der Waals surface area contributed by atoms with Crippen molar-refractivity contribution in [2.45, 2.75) is 26.8 Å². The standard InChI is InChI=1S/C22H31N3O4/c1-15-10-20(17(3)25(15)16(2)14-28-5)21(26)12-24(4)13-22(27)23-18-8-7-9-19(11-18)29-6/h7-11,16H,12-14H2,1-6H3,(H,23,27)/p+1/t16-/m0/s1. The molecule has 2 aromatic rings. The van der Waals surface area contributed by atoms with Crippen LogP contribution in [0.4, 0.5) is 5.69 Å². The normalized spacial score (nSPS) is 13.0. The van der Waals surface area contributed by atoms with Gasteiger partial charge in [-0.3, -0.25) is 9.59 Å². The number of carbonyl (C=O) groups excluding carboxylic acids is 2. The first-order chi connectivity index (χ1) is 13.8. The highest BCUT2D eigenvalue weighted by Gasteiger charge is 2.22. The summed E-state index contributed by atoms with van der Waals surface area (Å²) in [6.07, 6.45) is 0. The molecule has 0 spiro atoms. The first-order valence-corrected chi connectivity index (χ1v) is 9.72. The molecule has 0 aliphatic carbocycles. The zero-order valence-corrected chi connectivity index (χ0v) is 18.2. The highest BCUT2D eigenvalue weighted by molar-refractivity contribution is 5.98. The van der Waals surface area contributed by atoms with Crippen molar-refractivity contribution in [3.8, 4) is 5.75 Å². The maximum absolute atomic E-state index is 12.8. The maximum Gasteiger partial charge on any atom is 0.279 e. The van der Waals surface area contributed by atoms with E-state index < -0.39 is 0 Å². The number of benzene rings is 1. The molecule has 1 amide bonds. The first kappa shape index (κ1) is 22.6. The van der Waals surface area contributed by atoms with E-state index in [-0.39, 0.29) is 30.8 Å². The second kappa shape index (κ2) is 10.2. The molecule has 7 nitrogen and oxygen atoms in total. The van der Waals surface area contributed by atoms with Gasteiger partial charge < -0.3 is 24.3 Å². The van der Waals surface area contributed by atoms with E-state index in [0.29, 0.717) is 23.6 Å². The highest BCUT2D eigenvalue weighted by Crippen LogP contribution is 2.21. The molecular weight excluding hydrogens is 370 g/mol. The Kier molecular flexibility index (Phi) is 7.99. The number of rotatable bonds is 10. The number of aromatic nitrogens is 1. The van der Waals surface area contributed by atoms with E-state index in [1.165, 1.54) is 0 Å². The van der Waals surface area contributed by atoms with Crippen molar-refractivity contribution in [1.82, 2.24) is 4.57 Å². The number of anilines is 1. The van der Waals surface area contributed by atoms with Crippen LogP contribution in [0.5, 0.6) is 5.75 Å². The number of Topliss-reactive ketones (excluding diaryl/α,β-unsaturated/α-hetero) is 1. The zero-order valence-electron chi connectivity index (χ0n) is 18.2. The van der Waals surface area contributed by atoms with Crippen LogP contribution < -0.4 is 15.0 Å². The minimum Gasteiger partial charge on any atom is -0.497 e. The number of amides is 1. The van der Waals surface area contributed by atoms with Gasteiger partial charge in [0.25, 0.3) is 5.91 Å². The largest absolute Gasteiger partial charge is 0.497 e. The van der Waals surface area contributed by atoms with Gasteiger partial charge in [0.2, 0.25) is 5.78 Å². The summed E-state index contributed by atoms with van der Waals surface area (Å²) in [6, 6.07) is 9.27. The first-order valence-electron chi connectivity index (χ1n) is 9.72. The second-order valence-corrected chi connectivity index (χ2v) is 7.47. The molecule has 29 heavy (non-hydrogen) atoms. The van der Waals surface area contributed by atoms with Gasteiger partial charge in [-0.1, -0.05) is 6.07 Å². The molecule has 0 radical (unpaired) electrons. The van der Waals surface area contributed by atoms with Crippen molar-refractivity contribution in [3.05, 3.63) is 47.3 Å². The number of nitrogens with zero attached hydrogens (tertiary/aromatic N) is 1. The van der Waals surface area contributed by atoms with E-state index in [1.807, 2.05) is 39.1 Å². The third-order valence-electron chi connectivity index (χ3n) is 4.91. The minimum absolute atomic E-state index is 0.0284. The van der Waals surface area contributed by atoms with Crippen molar-refractivity contribution in [1.29, 1.82) is 0 Å². The molecule has 158 valence electrons. The Hall–Kier alpha value is -2.64. The van der Waals surface area contributed by atoms with Crippen molar-refractivity contribution < 1.29 is 24.0 Å². The molecule has 7 heteroatoms. The number of likely N-dealkylation sites (N-methyl/N-ethyl adjacent to an activating group) is 1. The van der Waals surface area contributed by atoms with Crippen LogP contribution in [0.1, 0.15) is 34.7 Å². The summed E-state index contributed by atoms with van der Waals surface area (Å²) in [6.45, 7) is 7.04. The molecule has 1 aromatic carbocycles. The van der Waals surface area contributed by atoms with E-state index in [4.69, 9.17) is 9.47 Å². The number of nitrogens with one attached hydrogen (secondary N) is 2. The SMILES string of the molecule is COC[C@H](C)n1c(C)cc(C(=O)C[NH+](C)CC(=O)Nc2cccc(OC)c2)c1C. The fourth-order valence-corrected chi connectivity index (χ4v) is 3.67. The molecule has 2 rings (SSSR count). The lowest BCUT2D eigenvalue weighted by atomic mass is 10.1. The number of ketones is 1. The van der Waals surface area contributed by atoms with Gasteiger partial charge in [-0.15, -0.1) is 0 Å². The zero-order chi connectivity index (χ0) is 21.6. The number of hydrogen-bond acceptors (Lipinski definition) is 4. The number of ether oxygens (including phenoxy) is 2. The lowest BCUT2D eigenvalue weighted by Crippen LogP contribution is -3.11. The molecular formula is C22H32N3O4+. The summed E-state index contributed by atoms with van der Waals surface area (Å²) in [5.41, 5.74) is 3.34. The molecule has 0 aliphatic heterocycles. The van der Waals surface area contributed by atoms with Gasteiger partial charge >= 0.3 is 0 Å². The quantitative estimate of drug-likeness (QED) is 0.593.